The molecule has 1 saturated heterocycles. The van der Waals surface area contributed by atoms with Crippen molar-refractivity contribution in [3.05, 3.63) is 29.8 Å². The van der Waals surface area contributed by atoms with Gasteiger partial charge in [-0.1, -0.05) is 18.2 Å². The molecule has 0 saturated carbocycles. The van der Waals surface area contributed by atoms with Gasteiger partial charge in [-0.3, -0.25) is 9.59 Å². The van der Waals surface area contributed by atoms with Crippen LogP contribution in [-0.4, -0.2) is 49.5 Å². The number of carbonyl (C=O) groups excluding carboxylic acids is 2. The van der Waals surface area contributed by atoms with Crippen molar-refractivity contribution in [2.24, 2.45) is 11.7 Å². The summed E-state index contributed by atoms with van der Waals surface area (Å²) in [5.41, 5.74) is 6.50. The molecule has 1 aliphatic heterocycles. The third-order valence-electron chi connectivity index (χ3n) is 4.47. The fourth-order valence-corrected chi connectivity index (χ4v) is 3.04. The van der Waals surface area contributed by atoms with Crippen molar-refractivity contribution >= 4 is 11.8 Å². The van der Waals surface area contributed by atoms with Gasteiger partial charge in [0.2, 0.25) is 11.8 Å². The molecule has 6 heteroatoms. The Kier molecular flexibility index (Phi) is 7.73. The molecule has 1 aliphatic rings. The molecule has 138 valence electrons. The number of nitrogens with one attached hydrogen (secondary N) is 1. The molecule has 1 unspecified atom stereocenters. The lowest BCUT2D eigenvalue weighted by atomic mass is 9.96. The van der Waals surface area contributed by atoms with Crippen molar-refractivity contribution in [1.29, 1.82) is 0 Å². The Hall–Kier alpha value is -2.08. The molecule has 2 rings (SSSR count). The number of aryl methyl sites for hydroxylation is 1. The van der Waals surface area contributed by atoms with E-state index >= 15 is 0 Å². The summed E-state index contributed by atoms with van der Waals surface area (Å²) in [6.45, 7) is 4.68. The third kappa shape index (κ3) is 6.05. The van der Waals surface area contributed by atoms with Crippen molar-refractivity contribution in [3.63, 3.8) is 0 Å². The molecule has 3 N–H and O–H groups in total. The van der Waals surface area contributed by atoms with E-state index in [0.717, 1.165) is 30.7 Å². The van der Waals surface area contributed by atoms with Gasteiger partial charge in [0.25, 0.3) is 0 Å². The molecular formula is C19H29N3O3. The highest BCUT2D eigenvalue weighted by atomic mass is 16.5. The average Bonchev–Trinajstić information content (AvgIpc) is 2.64. The quantitative estimate of drug-likeness (QED) is 0.698. The van der Waals surface area contributed by atoms with E-state index in [9.17, 15) is 9.59 Å². The number of nitrogens with zero attached hydrogens (tertiary/aromatic N) is 1. The molecular weight excluding hydrogens is 318 g/mol. The van der Waals surface area contributed by atoms with Crippen LogP contribution >= 0.6 is 0 Å². The van der Waals surface area contributed by atoms with Crippen LogP contribution in [0.15, 0.2) is 24.3 Å². The Morgan fingerprint density at radius 1 is 1.36 bits per heavy atom. The van der Waals surface area contributed by atoms with Crippen molar-refractivity contribution in [1.82, 2.24) is 10.2 Å². The van der Waals surface area contributed by atoms with Gasteiger partial charge < -0.3 is 20.7 Å². The monoisotopic (exact) mass is 347 g/mol. The van der Waals surface area contributed by atoms with Crippen LogP contribution in [0.25, 0.3) is 0 Å². The Morgan fingerprint density at radius 2 is 2.16 bits per heavy atom. The molecule has 0 radical (unpaired) electrons. The Balaban J connectivity index is 1.71. The second-order valence-electron chi connectivity index (χ2n) is 6.48. The van der Waals surface area contributed by atoms with Gasteiger partial charge >= 0.3 is 0 Å². The van der Waals surface area contributed by atoms with Gasteiger partial charge in [-0.15, -0.1) is 0 Å². The van der Waals surface area contributed by atoms with E-state index in [-0.39, 0.29) is 17.7 Å². The SMILES string of the molecule is Cc1ccccc1OCCCC(=O)N1CCCC(C(=O)NCCN)C1. The molecule has 0 aromatic heterocycles. The van der Waals surface area contributed by atoms with Crippen LogP contribution in [0.1, 0.15) is 31.2 Å². The van der Waals surface area contributed by atoms with Crippen molar-refractivity contribution in [3.8, 4) is 5.75 Å². The van der Waals surface area contributed by atoms with E-state index in [1.54, 1.807) is 0 Å². The lowest BCUT2D eigenvalue weighted by Gasteiger charge is -2.32. The van der Waals surface area contributed by atoms with Gasteiger partial charge in [0.15, 0.2) is 0 Å². The normalized spacial score (nSPS) is 17.2. The zero-order chi connectivity index (χ0) is 18.1. The number of likely N-dealkylation sites (tertiary alicyclic amines) is 1. The van der Waals surface area contributed by atoms with Crippen LogP contribution < -0.4 is 15.8 Å². The first-order chi connectivity index (χ1) is 12.1. The van der Waals surface area contributed by atoms with Crippen LogP contribution in [0.4, 0.5) is 0 Å². The predicted molar refractivity (Wildman–Crippen MR) is 97.3 cm³/mol. The maximum Gasteiger partial charge on any atom is 0.224 e. The Morgan fingerprint density at radius 3 is 2.92 bits per heavy atom. The highest BCUT2D eigenvalue weighted by Crippen LogP contribution is 2.19. The lowest BCUT2D eigenvalue weighted by Crippen LogP contribution is -2.46. The van der Waals surface area contributed by atoms with Gasteiger partial charge in [0.05, 0.1) is 12.5 Å². The summed E-state index contributed by atoms with van der Waals surface area (Å²) in [5, 5.41) is 2.82. The van der Waals surface area contributed by atoms with Gasteiger partial charge in [-0.05, 0) is 37.8 Å². The van der Waals surface area contributed by atoms with E-state index < -0.39 is 0 Å². The zero-order valence-electron chi connectivity index (χ0n) is 15.0. The number of nitrogens with two attached hydrogens (primary N) is 1. The fraction of sp³-hybridized carbons (Fsp3) is 0.579. The molecule has 1 aromatic carbocycles. The predicted octanol–water partition coefficient (Wildman–Crippen LogP) is 1.47. The molecule has 6 nitrogen and oxygen atoms in total. The van der Waals surface area contributed by atoms with E-state index in [0.29, 0.717) is 39.1 Å². The van der Waals surface area contributed by atoms with Crippen LogP contribution in [0.3, 0.4) is 0 Å². The minimum absolute atomic E-state index is 0.00540. The summed E-state index contributed by atoms with van der Waals surface area (Å²) in [6, 6.07) is 7.86. The maximum absolute atomic E-state index is 12.4. The van der Waals surface area contributed by atoms with E-state index in [2.05, 4.69) is 5.32 Å². The first kappa shape index (κ1) is 19.2. The molecule has 2 amide bonds. The second-order valence-corrected chi connectivity index (χ2v) is 6.48. The van der Waals surface area contributed by atoms with Crippen LogP contribution in [0, 0.1) is 12.8 Å². The summed E-state index contributed by atoms with van der Waals surface area (Å²) in [6.07, 6.45) is 2.82. The number of piperidine rings is 1. The maximum atomic E-state index is 12.4. The number of rotatable bonds is 8. The summed E-state index contributed by atoms with van der Waals surface area (Å²) in [7, 11) is 0. The van der Waals surface area contributed by atoms with Crippen molar-refractivity contribution < 1.29 is 14.3 Å². The first-order valence-electron chi connectivity index (χ1n) is 9.05. The molecule has 1 heterocycles. The van der Waals surface area contributed by atoms with Crippen LogP contribution in [-0.2, 0) is 9.59 Å². The van der Waals surface area contributed by atoms with Crippen LogP contribution in [0.2, 0.25) is 0 Å². The van der Waals surface area contributed by atoms with E-state index in [4.69, 9.17) is 10.5 Å². The molecule has 0 spiro atoms. The highest BCUT2D eigenvalue weighted by Gasteiger charge is 2.27. The van der Waals surface area contributed by atoms with Crippen molar-refractivity contribution in [2.45, 2.75) is 32.6 Å². The number of para-hydroxylation sites is 1. The average molecular weight is 347 g/mol. The van der Waals surface area contributed by atoms with Gasteiger partial charge in [-0.2, -0.15) is 0 Å². The summed E-state index contributed by atoms with van der Waals surface area (Å²) < 4.78 is 5.73. The lowest BCUT2D eigenvalue weighted by molar-refractivity contribution is -0.135. The third-order valence-corrected chi connectivity index (χ3v) is 4.47. The Labute approximate surface area is 149 Å². The summed E-state index contributed by atoms with van der Waals surface area (Å²) in [5.74, 6) is 0.854. The van der Waals surface area contributed by atoms with E-state index in [1.165, 1.54) is 0 Å². The number of benzene rings is 1. The molecule has 0 aliphatic carbocycles. The minimum Gasteiger partial charge on any atom is -0.493 e. The van der Waals surface area contributed by atoms with Crippen LogP contribution in [0.5, 0.6) is 5.75 Å². The number of ether oxygens (including phenoxy) is 1. The smallest absolute Gasteiger partial charge is 0.224 e. The van der Waals surface area contributed by atoms with Crippen molar-refractivity contribution in [2.75, 3.05) is 32.8 Å². The van der Waals surface area contributed by atoms with Gasteiger partial charge in [0, 0.05) is 32.6 Å². The minimum atomic E-state index is -0.118. The zero-order valence-corrected chi connectivity index (χ0v) is 15.0. The number of amides is 2. The Bertz CT molecular complexity index is 577. The molecule has 25 heavy (non-hydrogen) atoms. The number of hydrogen-bond donors (Lipinski definition) is 2. The molecule has 1 fully saturated rings. The summed E-state index contributed by atoms with van der Waals surface area (Å²) >= 11 is 0. The standard InChI is InChI=1S/C19H29N3O3/c1-15-6-2-3-8-17(15)25-13-5-9-18(23)22-12-4-7-16(14-22)19(24)21-11-10-20/h2-3,6,8,16H,4-5,7,9-14,20H2,1H3,(H,21,24). The molecule has 1 atom stereocenters. The first-order valence-corrected chi connectivity index (χ1v) is 9.05. The molecule has 0 bridgehead atoms. The summed E-state index contributed by atoms with van der Waals surface area (Å²) in [4.78, 5) is 26.2. The second kappa shape index (κ2) is 10.0. The topological polar surface area (TPSA) is 84.7 Å². The number of carbonyl (C=O) groups is 2. The van der Waals surface area contributed by atoms with Gasteiger partial charge in [0.1, 0.15) is 5.75 Å². The number of hydrogen-bond acceptors (Lipinski definition) is 4. The van der Waals surface area contributed by atoms with Gasteiger partial charge in [-0.25, -0.2) is 0 Å². The molecule has 1 aromatic rings. The fourth-order valence-electron chi connectivity index (χ4n) is 3.04. The largest absolute Gasteiger partial charge is 0.493 e. The van der Waals surface area contributed by atoms with E-state index in [1.807, 2.05) is 36.1 Å². The highest BCUT2D eigenvalue weighted by molar-refractivity contribution is 5.81.